The molecule has 0 saturated carbocycles. The van der Waals surface area contributed by atoms with Gasteiger partial charge in [0.15, 0.2) is 0 Å². The molecule has 1 N–H and O–H groups in total. The van der Waals surface area contributed by atoms with Crippen LogP contribution in [0.3, 0.4) is 0 Å². The van der Waals surface area contributed by atoms with Crippen LogP contribution in [0.1, 0.15) is 0 Å². The summed E-state index contributed by atoms with van der Waals surface area (Å²) in [6.45, 7) is 0. The van der Waals surface area contributed by atoms with Crippen molar-refractivity contribution in [3.63, 3.8) is 0 Å². The van der Waals surface area contributed by atoms with Crippen LogP contribution in [-0.2, 0) is 0 Å². The summed E-state index contributed by atoms with van der Waals surface area (Å²) >= 11 is 1.58. The Balaban J connectivity index is 0.000000360. The van der Waals surface area contributed by atoms with Gasteiger partial charge in [0.05, 0.1) is 0 Å². The first kappa shape index (κ1) is 6.92. The minimum absolute atomic E-state index is 0. The summed E-state index contributed by atoms with van der Waals surface area (Å²) in [6, 6.07) is 0. The molecule has 0 aromatic carbocycles. The van der Waals surface area contributed by atoms with Gasteiger partial charge in [-0.3, -0.25) is 0 Å². The average Bonchev–Trinajstić information content (AvgIpc) is 1.72. The van der Waals surface area contributed by atoms with Gasteiger partial charge in [-0.25, -0.2) is 0 Å². The molecule has 3 heteroatoms. The first-order valence-electron chi connectivity index (χ1n) is 1.73. The summed E-state index contributed by atoms with van der Waals surface area (Å²) in [7, 11) is 0. The first-order valence-corrected chi connectivity index (χ1v) is 2.61. The number of nitrogens with one attached hydrogen (secondary N) is 1. The molecule has 0 spiro atoms. The summed E-state index contributed by atoms with van der Waals surface area (Å²) in [5, 5.41) is 1.99. The van der Waals surface area contributed by atoms with Crippen molar-refractivity contribution in [1.29, 1.82) is 0 Å². The van der Waals surface area contributed by atoms with Crippen LogP contribution in [0.5, 0.6) is 0 Å². The third-order valence-corrected chi connectivity index (χ3v) is 1.06. The Morgan fingerprint density at radius 1 is 1.29 bits per heavy atom. The molecule has 0 bridgehead atoms. The minimum Gasteiger partial charge on any atom is -0.333 e. The second-order valence-corrected chi connectivity index (χ2v) is 1.67. The fourth-order valence-electron chi connectivity index (χ4n) is 0.258. The topological polar surface area (TPSA) is 12.0 Å². The molecule has 1 nitrogen and oxygen atoms in total. The Morgan fingerprint density at radius 2 is 2.14 bits per heavy atom. The zero-order valence-corrected chi connectivity index (χ0v) is 5.26. The molecule has 7 heavy (non-hydrogen) atoms. The van der Waals surface area contributed by atoms with Gasteiger partial charge in [0.1, 0.15) is 0 Å². The highest BCUT2D eigenvalue weighted by Gasteiger charge is 1.74. The van der Waals surface area contributed by atoms with E-state index >= 15 is 0 Å². The summed E-state index contributed by atoms with van der Waals surface area (Å²) in [5.41, 5.74) is 0. The summed E-state index contributed by atoms with van der Waals surface area (Å²) < 4.78 is 2.93. The van der Waals surface area contributed by atoms with E-state index in [9.17, 15) is 0 Å². The third kappa shape index (κ3) is 2.60. The molecule has 0 aromatic rings. The second kappa shape index (κ2) is 4.09. The van der Waals surface area contributed by atoms with Crippen LogP contribution in [0.25, 0.3) is 0 Å². The predicted molar refractivity (Wildman–Crippen MR) is 36.3 cm³/mol. The lowest BCUT2D eigenvalue weighted by atomic mass is 10.6. The Kier molecular flexibility index (Phi) is 4.04. The van der Waals surface area contributed by atoms with Crippen molar-refractivity contribution in [3.8, 4) is 0 Å². The minimum atomic E-state index is 0. The highest BCUT2D eigenvalue weighted by Crippen LogP contribution is 1.98. The standard InChI is InChI=1S/C4H5NS.ClH/c1-2-4-6-5-3-1;/h1-5H;1H. The molecule has 1 heterocycles. The Hall–Kier alpha value is -0.0800. The van der Waals surface area contributed by atoms with Crippen LogP contribution in [0.15, 0.2) is 23.8 Å². The zero-order valence-electron chi connectivity index (χ0n) is 3.63. The van der Waals surface area contributed by atoms with E-state index in [1.165, 1.54) is 0 Å². The van der Waals surface area contributed by atoms with Gasteiger partial charge in [0.2, 0.25) is 0 Å². The summed E-state index contributed by atoms with van der Waals surface area (Å²) in [4.78, 5) is 0. The molecule has 1 rings (SSSR count). The fourth-order valence-corrected chi connectivity index (χ4v) is 0.663. The van der Waals surface area contributed by atoms with E-state index in [2.05, 4.69) is 4.72 Å². The van der Waals surface area contributed by atoms with Crippen LogP contribution in [-0.4, -0.2) is 0 Å². The van der Waals surface area contributed by atoms with E-state index in [1.807, 2.05) is 23.8 Å². The molecule has 1 aliphatic rings. The molecule has 0 aliphatic carbocycles. The van der Waals surface area contributed by atoms with E-state index in [-0.39, 0.29) is 12.4 Å². The maximum absolute atomic E-state index is 2.93. The lowest BCUT2D eigenvalue weighted by Crippen LogP contribution is -1.88. The van der Waals surface area contributed by atoms with E-state index in [0.29, 0.717) is 0 Å². The number of halogens is 1. The molecular formula is C4H6ClNS. The van der Waals surface area contributed by atoms with E-state index in [4.69, 9.17) is 0 Å². The maximum atomic E-state index is 2.93. The van der Waals surface area contributed by atoms with Crippen molar-refractivity contribution < 1.29 is 0 Å². The van der Waals surface area contributed by atoms with Crippen molar-refractivity contribution in [2.75, 3.05) is 0 Å². The van der Waals surface area contributed by atoms with E-state index in [1.54, 1.807) is 11.9 Å². The number of rotatable bonds is 0. The van der Waals surface area contributed by atoms with Crippen LogP contribution in [0, 0.1) is 0 Å². The first-order chi connectivity index (χ1) is 3.00. The highest BCUT2D eigenvalue weighted by atomic mass is 35.5. The molecule has 0 aromatic heterocycles. The Bertz CT molecular complexity index is 77.7. The van der Waals surface area contributed by atoms with E-state index < -0.39 is 0 Å². The lowest BCUT2D eigenvalue weighted by Gasteiger charge is -1.93. The molecular weight excluding hydrogens is 130 g/mol. The van der Waals surface area contributed by atoms with Gasteiger partial charge in [0, 0.05) is 6.20 Å². The van der Waals surface area contributed by atoms with Crippen LogP contribution < -0.4 is 4.72 Å². The van der Waals surface area contributed by atoms with Crippen LogP contribution in [0.2, 0.25) is 0 Å². The van der Waals surface area contributed by atoms with Gasteiger partial charge in [0.25, 0.3) is 0 Å². The van der Waals surface area contributed by atoms with E-state index in [0.717, 1.165) is 0 Å². The van der Waals surface area contributed by atoms with Gasteiger partial charge >= 0.3 is 0 Å². The third-order valence-electron chi connectivity index (χ3n) is 0.490. The smallest absolute Gasteiger partial charge is 0.00756 e. The molecule has 0 unspecified atom stereocenters. The van der Waals surface area contributed by atoms with Gasteiger partial charge in [-0.15, -0.1) is 12.4 Å². The lowest BCUT2D eigenvalue weighted by molar-refractivity contribution is 1.42. The second-order valence-electron chi connectivity index (χ2n) is 0.923. The quantitative estimate of drug-likeness (QED) is 0.508. The van der Waals surface area contributed by atoms with Crippen molar-refractivity contribution in [2.45, 2.75) is 0 Å². The van der Waals surface area contributed by atoms with Crippen molar-refractivity contribution in [2.24, 2.45) is 0 Å². The number of allylic oxidation sites excluding steroid dienone is 2. The Morgan fingerprint density at radius 3 is 2.29 bits per heavy atom. The highest BCUT2D eigenvalue weighted by molar-refractivity contribution is 8.00. The molecule has 0 atom stereocenters. The predicted octanol–water partition coefficient (Wildman–Crippen LogP) is 1.69. The fraction of sp³-hybridized carbons (Fsp3) is 0. The van der Waals surface area contributed by atoms with Gasteiger partial charge in [-0.05, 0) is 23.4 Å². The van der Waals surface area contributed by atoms with Gasteiger partial charge in [-0.2, -0.15) is 0 Å². The van der Waals surface area contributed by atoms with Crippen molar-refractivity contribution in [1.82, 2.24) is 4.72 Å². The SMILES string of the molecule is C1=CNSC=C1.Cl. The van der Waals surface area contributed by atoms with Crippen LogP contribution >= 0.6 is 24.4 Å². The normalized spacial score (nSPS) is 14.9. The largest absolute Gasteiger partial charge is 0.333 e. The maximum Gasteiger partial charge on any atom is 0.00756 e. The number of hydrogen-bond donors (Lipinski definition) is 1. The molecule has 0 amide bonds. The Labute approximate surface area is 53.4 Å². The summed E-state index contributed by atoms with van der Waals surface area (Å²) in [6.07, 6.45) is 5.84. The van der Waals surface area contributed by atoms with Crippen molar-refractivity contribution >= 4 is 24.4 Å². The van der Waals surface area contributed by atoms with Crippen LogP contribution in [0.4, 0.5) is 0 Å². The summed E-state index contributed by atoms with van der Waals surface area (Å²) in [5.74, 6) is 0. The van der Waals surface area contributed by atoms with Crippen molar-refractivity contribution in [3.05, 3.63) is 23.8 Å². The molecule has 1 aliphatic heterocycles. The van der Waals surface area contributed by atoms with Gasteiger partial charge < -0.3 is 4.72 Å². The van der Waals surface area contributed by atoms with Gasteiger partial charge in [-0.1, -0.05) is 6.08 Å². The molecule has 0 saturated heterocycles. The molecule has 0 fully saturated rings. The molecule has 40 valence electrons. The molecule has 0 radical (unpaired) electrons. The average molecular weight is 136 g/mol. The number of hydrogen-bond acceptors (Lipinski definition) is 2. The zero-order chi connectivity index (χ0) is 4.24. The monoisotopic (exact) mass is 135 g/mol.